The van der Waals surface area contributed by atoms with Crippen molar-refractivity contribution in [1.82, 2.24) is 15.5 Å². The average molecular weight is 331 g/mol. The first-order valence-electron chi connectivity index (χ1n) is 8.58. The number of fused-ring (bicyclic) bond motifs is 5. The molecule has 2 bridgehead atoms. The van der Waals surface area contributed by atoms with Crippen molar-refractivity contribution in [2.75, 3.05) is 13.1 Å². The van der Waals surface area contributed by atoms with E-state index in [0.717, 1.165) is 25.6 Å². The highest BCUT2D eigenvalue weighted by atomic mass is 16.4. The Balaban J connectivity index is 0.000000383. The Morgan fingerprint density at radius 3 is 2.25 bits per heavy atom. The fourth-order valence-electron chi connectivity index (χ4n) is 4.43. The van der Waals surface area contributed by atoms with E-state index in [1.165, 1.54) is 12.8 Å². The van der Waals surface area contributed by atoms with Gasteiger partial charge >= 0.3 is 6.03 Å². The third-order valence-corrected chi connectivity index (χ3v) is 5.29. The van der Waals surface area contributed by atoms with Gasteiger partial charge in [0.05, 0.1) is 0 Å². The number of nitrogens with one attached hydrogen (secondary N) is 2. The van der Waals surface area contributed by atoms with Gasteiger partial charge < -0.3 is 20.6 Å². The number of aliphatic carboxylic acids is 1. The Bertz CT molecular complexity index is 570. The van der Waals surface area contributed by atoms with Crippen LogP contribution in [0.15, 0.2) is 30.3 Å². The molecule has 3 saturated heterocycles. The Hall–Kier alpha value is -2.08. The molecule has 3 heterocycles. The monoisotopic (exact) mass is 331 g/mol. The Labute approximate surface area is 142 Å². The molecular weight excluding hydrogens is 306 g/mol. The van der Waals surface area contributed by atoms with Crippen molar-refractivity contribution in [2.45, 2.75) is 38.4 Å². The predicted molar refractivity (Wildman–Crippen MR) is 90.5 cm³/mol. The molecule has 1 aromatic carbocycles. The van der Waals surface area contributed by atoms with Gasteiger partial charge in [-0.1, -0.05) is 30.3 Å². The third kappa shape index (κ3) is 3.38. The molecule has 2 amide bonds. The van der Waals surface area contributed by atoms with Gasteiger partial charge in [-0.3, -0.25) is 4.79 Å². The molecule has 0 aromatic heterocycles. The number of hydrogen-bond acceptors (Lipinski definition) is 3. The molecule has 0 spiro atoms. The maximum absolute atomic E-state index is 12.5. The van der Waals surface area contributed by atoms with Crippen LogP contribution in [0, 0.1) is 11.8 Å². The lowest BCUT2D eigenvalue weighted by Gasteiger charge is -2.25. The zero-order valence-corrected chi connectivity index (χ0v) is 13.9. The third-order valence-electron chi connectivity index (χ3n) is 5.29. The van der Waals surface area contributed by atoms with E-state index in [0.29, 0.717) is 30.5 Å². The quantitative estimate of drug-likeness (QED) is 0.770. The van der Waals surface area contributed by atoms with Crippen LogP contribution in [0.3, 0.4) is 0 Å². The van der Waals surface area contributed by atoms with Gasteiger partial charge in [0.25, 0.3) is 5.97 Å². The van der Waals surface area contributed by atoms with E-state index < -0.39 is 5.97 Å². The van der Waals surface area contributed by atoms with E-state index in [2.05, 4.69) is 27.7 Å². The molecule has 1 aromatic rings. The van der Waals surface area contributed by atoms with E-state index in [-0.39, 0.29) is 6.03 Å². The molecule has 0 aliphatic carbocycles. The van der Waals surface area contributed by atoms with E-state index >= 15 is 0 Å². The predicted octanol–water partition coefficient (Wildman–Crippen LogP) is 1.67. The second kappa shape index (κ2) is 7.21. The van der Waals surface area contributed by atoms with Crippen LogP contribution in [-0.4, -0.2) is 47.2 Å². The van der Waals surface area contributed by atoms with Gasteiger partial charge in [0, 0.05) is 38.6 Å². The summed E-state index contributed by atoms with van der Waals surface area (Å²) in [5.74, 6) is 0.549. The Morgan fingerprint density at radius 2 is 1.71 bits per heavy atom. The topological polar surface area (TPSA) is 81.7 Å². The largest absolute Gasteiger partial charge is 0.481 e. The summed E-state index contributed by atoms with van der Waals surface area (Å²) in [5, 5.41) is 14.0. The summed E-state index contributed by atoms with van der Waals surface area (Å²) in [6.07, 6.45) is 2.37. The van der Waals surface area contributed by atoms with Crippen molar-refractivity contribution in [2.24, 2.45) is 11.8 Å². The highest BCUT2D eigenvalue weighted by Crippen LogP contribution is 2.47. The number of urea groups is 1. The second-order valence-corrected chi connectivity index (χ2v) is 6.77. The van der Waals surface area contributed by atoms with Gasteiger partial charge in [0.2, 0.25) is 0 Å². The summed E-state index contributed by atoms with van der Waals surface area (Å²) in [7, 11) is 0. The molecule has 4 atom stereocenters. The minimum atomic E-state index is -0.833. The molecule has 0 radical (unpaired) electrons. The zero-order valence-electron chi connectivity index (χ0n) is 13.9. The van der Waals surface area contributed by atoms with E-state index in [4.69, 9.17) is 9.90 Å². The highest BCUT2D eigenvalue weighted by molar-refractivity contribution is 5.76. The highest BCUT2D eigenvalue weighted by Gasteiger charge is 2.56. The Morgan fingerprint density at radius 1 is 1.17 bits per heavy atom. The average Bonchev–Trinajstić information content (AvgIpc) is 3.24. The number of amides is 2. The zero-order chi connectivity index (χ0) is 17.1. The summed E-state index contributed by atoms with van der Waals surface area (Å²) >= 11 is 0. The fraction of sp³-hybridized carbons (Fsp3) is 0.556. The molecule has 3 aliphatic rings. The number of benzene rings is 1. The number of carboxylic acids is 1. The molecule has 24 heavy (non-hydrogen) atoms. The molecule has 130 valence electrons. The molecule has 0 unspecified atom stereocenters. The molecule has 6 heteroatoms. The lowest BCUT2D eigenvalue weighted by Crippen LogP contribution is -2.45. The van der Waals surface area contributed by atoms with Crippen LogP contribution in [0.4, 0.5) is 4.79 Å². The number of nitrogens with zero attached hydrogens (tertiary/aromatic N) is 1. The fourth-order valence-corrected chi connectivity index (χ4v) is 4.43. The summed E-state index contributed by atoms with van der Waals surface area (Å²) in [4.78, 5) is 23.7. The molecule has 0 saturated carbocycles. The summed E-state index contributed by atoms with van der Waals surface area (Å²) in [6.45, 7) is 3.89. The van der Waals surface area contributed by atoms with E-state index in [1.54, 1.807) is 0 Å². The van der Waals surface area contributed by atoms with Gasteiger partial charge in [-0.05, 0) is 30.2 Å². The summed E-state index contributed by atoms with van der Waals surface area (Å²) in [6, 6.07) is 11.2. The Kier molecular flexibility index (Phi) is 5.04. The first-order chi connectivity index (χ1) is 11.6. The lowest BCUT2D eigenvalue weighted by molar-refractivity contribution is -0.134. The first-order valence-corrected chi connectivity index (χ1v) is 8.58. The second-order valence-electron chi connectivity index (χ2n) is 6.77. The van der Waals surface area contributed by atoms with E-state index in [1.807, 2.05) is 18.2 Å². The van der Waals surface area contributed by atoms with Crippen molar-refractivity contribution in [3.8, 4) is 0 Å². The van der Waals surface area contributed by atoms with Crippen LogP contribution in [0.25, 0.3) is 0 Å². The van der Waals surface area contributed by atoms with Crippen molar-refractivity contribution < 1.29 is 14.7 Å². The maximum atomic E-state index is 12.5. The van der Waals surface area contributed by atoms with Gasteiger partial charge in [-0.2, -0.15) is 0 Å². The molecular formula is C18H25N3O3. The molecule has 3 N–H and O–H groups in total. The molecule has 4 rings (SSSR count). The van der Waals surface area contributed by atoms with Crippen molar-refractivity contribution >= 4 is 12.0 Å². The number of rotatable bonds is 2. The van der Waals surface area contributed by atoms with Gasteiger partial charge in [-0.15, -0.1) is 0 Å². The van der Waals surface area contributed by atoms with Crippen LogP contribution in [0.2, 0.25) is 0 Å². The normalized spacial score (nSPS) is 29.6. The van der Waals surface area contributed by atoms with Crippen LogP contribution < -0.4 is 10.6 Å². The van der Waals surface area contributed by atoms with Crippen LogP contribution in [-0.2, 0) is 11.3 Å². The molecule has 3 aliphatic heterocycles. The summed E-state index contributed by atoms with van der Waals surface area (Å²) in [5.41, 5.74) is 1.16. The summed E-state index contributed by atoms with van der Waals surface area (Å²) < 4.78 is 0. The lowest BCUT2D eigenvalue weighted by atomic mass is 9.82. The first kappa shape index (κ1) is 16.8. The molecule has 6 nitrogen and oxygen atoms in total. The minimum Gasteiger partial charge on any atom is -0.481 e. The smallest absolute Gasteiger partial charge is 0.318 e. The number of carboxylic acid groups (broad SMARTS) is 1. The number of carbonyl (C=O) groups is 2. The van der Waals surface area contributed by atoms with Crippen molar-refractivity contribution in [3.05, 3.63) is 35.9 Å². The van der Waals surface area contributed by atoms with Crippen molar-refractivity contribution in [3.63, 3.8) is 0 Å². The van der Waals surface area contributed by atoms with Crippen LogP contribution in [0.1, 0.15) is 25.3 Å². The molecule has 3 fully saturated rings. The minimum absolute atomic E-state index is 0.135. The van der Waals surface area contributed by atoms with Crippen molar-refractivity contribution in [1.29, 1.82) is 0 Å². The maximum Gasteiger partial charge on any atom is 0.318 e. The van der Waals surface area contributed by atoms with Crippen LogP contribution in [0.5, 0.6) is 0 Å². The van der Waals surface area contributed by atoms with Crippen LogP contribution >= 0.6 is 0 Å². The SMILES string of the molecule is CC(=O)O.O=C(NCc1ccccc1)N1[C@@H]2CC[C@H]1[C@H]1CNC[C@H]12. The van der Waals surface area contributed by atoms with E-state index in [9.17, 15) is 4.79 Å². The van der Waals surface area contributed by atoms with Gasteiger partial charge in [-0.25, -0.2) is 4.79 Å². The van der Waals surface area contributed by atoms with Gasteiger partial charge in [0.1, 0.15) is 0 Å². The van der Waals surface area contributed by atoms with Gasteiger partial charge in [0.15, 0.2) is 0 Å². The number of carbonyl (C=O) groups excluding carboxylic acids is 1. The number of hydrogen-bond donors (Lipinski definition) is 3. The standard InChI is InChI=1S/C16H21N3O.C2H4O2/c20-16(18-8-11-4-2-1-3-5-11)19-14-6-7-15(19)13-10-17-9-12(13)14;1-2(3)4/h1-5,12-15,17H,6-10H2,(H,18,20);1H3,(H,3,4)/t12-,13+,14-,15+;.